The van der Waals surface area contributed by atoms with Gasteiger partial charge in [0.1, 0.15) is 0 Å². The zero-order chi connectivity index (χ0) is 13.8. The molecule has 0 fully saturated rings. The minimum atomic E-state index is -0.0755. The van der Waals surface area contributed by atoms with Gasteiger partial charge in [-0.2, -0.15) is 0 Å². The summed E-state index contributed by atoms with van der Waals surface area (Å²) < 4.78 is 5.44. The molecule has 0 saturated heterocycles. The van der Waals surface area contributed by atoms with Crippen LogP contribution in [0.2, 0.25) is 0 Å². The molecule has 1 N–H and O–H groups in total. The number of methoxy groups -OCH3 is 1. The third kappa shape index (κ3) is 4.75. The fraction of sp³-hybridized carbons (Fsp3) is 0.667. The molecule has 0 aliphatic carbocycles. The van der Waals surface area contributed by atoms with Gasteiger partial charge in [-0.3, -0.25) is 4.98 Å². The highest BCUT2D eigenvalue weighted by molar-refractivity contribution is 5.22. The second-order valence-electron chi connectivity index (χ2n) is 5.70. The summed E-state index contributed by atoms with van der Waals surface area (Å²) in [7, 11) is 1.76. The van der Waals surface area contributed by atoms with Crippen molar-refractivity contribution in [2.24, 2.45) is 0 Å². The Kier molecular flexibility index (Phi) is 5.29. The van der Waals surface area contributed by atoms with Crippen molar-refractivity contribution in [3.05, 3.63) is 29.1 Å². The first kappa shape index (κ1) is 15.1. The Labute approximate surface area is 111 Å². The van der Waals surface area contributed by atoms with E-state index in [0.717, 1.165) is 18.7 Å². The maximum Gasteiger partial charge on any atom is 0.0637 e. The summed E-state index contributed by atoms with van der Waals surface area (Å²) in [6.07, 6.45) is 2.94. The smallest absolute Gasteiger partial charge is 0.0637 e. The molecular formula is C15H26N2O. The Bertz CT molecular complexity index is 388. The Hall–Kier alpha value is -0.930. The van der Waals surface area contributed by atoms with Gasteiger partial charge in [-0.1, -0.05) is 6.07 Å². The van der Waals surface area contributed by atoms with Gasteiger partial charge in [-0.15, -0.1) is 0 Å². The third-order valence-corrected chi connectivity index (χ3v) is 3.40. The van der Waals surface area contributed by atoms with Crippen molar-refractivity contribution < 1.29 is 4.74 Å². The van der Waals surface area contributed by atoms with Gasteiger partial charge >= 0.3 is 0 Å². The molecule has 1 aromatic rings. The van der Waals surface area contributed by atoms with E-state index in [1.807, 2.05) is 13.1 Å². The second-order valence-corrected chi connectivity index (χ2v) is 5.70. The molecule has 1 rings (SSSR count). The molecule has 102 valence electrons. The summed E-state index contributed by atoms with van der Waals surface area (Å²) in [6, 6.07) is 2.62. The fourth-order valence-electron chi connectivity index (χ4n) is 1.98. The van der Waals surface area contributed by atoms with Crippen LogP contribution in [0.5, 0.6) is 0 Å². The molecule has 0 amide bonds. The first-order chi connectivity index (χ1) is 8.34. The van der Waals surface area contributed by atoms with E-state index in [9.17, 15) is 0 Å². The van der Waals surface area contributed by atoms with Crippen molar-refractivity contribution in [1.82, 2.24) is 10.3 Å². The molecule has 0 saturated carbocycles. The van der Waals surface area contributed by atoms with Crippen molar-refractivity contribution in [1.29, 1.82) is 0 Å². The number of aryl methyl sites for hydroxylation is 2. The molecular weight excluding hydrogens is 224 g/mol. The lowest BCUT2D eigenvalue weighted by Crippen LogP contribution is -2.35. The zero-order valence-corrected chi connectivity index (χ0v) is 12.5. The van der Waals surface area contributed by atoms with Crippen LogP contribution in [0, 0.1) is 13.8 Å². The standard InChI is InChI=1S/C15H26N2O/c1-11-7-14(10-17-13(11)3)9-16-12(2)8-15(4,5)18-6/h7,10,12,16H,8-9H2,1-6H3. The SMILES string of the molecule is COC(C)(C)CC(C)NCc1cnc(C)c(C)c1. The highest BCUT2D eigenvalue weighted by atomic mass is 16.5. The Morgan fingerprint density at radius 3 is 2.61 bits per heavy atom. The molecule has 3 heteroatoms. The molecule has 0 aromatic carbocycles. The van der Waals surface area contributed by atoms with Crippen LogP contribution in [-0.2, 0) is 11.3 Å². The minimum Gasteiger partial charge on any atom is -0.379 e. The van der Waals surface area contributed by atoms with E-state index in [1.54, 1.807) is 7.11 Å². The number of hydrogen-bond acceptors (Lipinski definition) is 3. The van der Waals surface area contributed by atoms with Gasteiger partial charge in [0, 0.05) is 31.6 Å². The average molecular weight is 250 g/mol. The summed E-state index contributed by atoms with van der Waals surface area (Å²) in [4.78, 5) is 4.38. The van der Waals surface area contributed by atoms with Gasteiger partial charge in [0.2, 0.25) is 0 Å². The van der Waals surface area contributed by atoms with Crippen molar-refractivity contribution in [2.45, 2.75) is 59.2 Å². The third-order valence-electron chi connectivity index (χ3n) is 3.40. The number of aromatic nitrogens is 1. The molecule has 1 aromatic heterocycles. The molecule has 0 aliphatic heterocycles. The van der Waals surface area contributed by atoms with Crippen molar-refractivity contribution in [3.8, 4) is 0 Å². The largest absolute Gasteiger partial charge is 0.379 e. The Morgan fingerprint density at radius 2 is 2.06 bits per heavy atom. The maximum absolute atomic E-state index is 5.44. The van der Waals surface area contributed by atoms with Crippen molar-refractivity contribution in [3.63, 3.8) is 0 Å². The van der Waals surface area contributed by atoms with Crippen LogP contribution in [0.25, 0.3) is 0 Å². The van der Waals surface area contributed by atoms with E-state index in [2.05, 4.69) is 44.1 Å². The summed E-state index contributed by atoms with van der Waals surface area (Å²) >= 11 is 0. The van der Waals surface area contributed by atoms with Gasteiger partial charge in [-0.05, 0) is 52.2 Å². The lowest BCUT2D eigenvalue weighted by Gasteiger charge is -2.27. The van der Waals surface area contributed by atoms with E-state index >= 15 is 0 Å². The van der Waals surface area contributed by atoms with Gasteiger partial charge in [0.15, 0.2) is 0 Å². The molecule has 1 heterocycles. The van der Waals surface area contributed by atoms with E-state index in [0.29, 0.717) is 6.04 Å². The fourth-order valence-corrected chi connectivity index (χ4v) is 1.98. The van der Waals surface area contributed by atoms with Crippen LogP contribution in [-0.4, -0.2) is 23.7 Å². The number of hydrogen-bond donors (Lipinski definition) is 1. The van der Waals surface area contributed by atoms with Crippen molar-refractivity contribution >= 4 is 0 Å². The number of pyridine rings is 1. The molecule has 18 heavy (non-hydrogen) atoms. The second kappa shape index (κ2) is 6.30. The van der Waals surface area contributed by atoms with Crippen LogP contribution in [0.4, 0.5) is 0 Å². The monoisotopic (exact) mass is 250 g/mol. The molecule has 1 unspecified atom stereocenters. The number of nitrogens with one attached hydrogen (secondary N) is 1. The minimum absolute atomic E-state index is 0.0755. The first-order valence-electron chi connectivity index (χ1n) is 6.55. The number of rotatable bonds is 6. The Morgan fingerprint density at radius 1 is 1.39 bits per heavy atom. The van der Waals surface area contributed by atoms with Crippen LogP contribution in [0.3, 0.4) is 0 Å². The van der Waals surface area contributed by atoms with Gasteiger partial charge in [0.05, 0.1) is 5.60 Å². The normalized spacial score (nSPS) is 13.7. The quantitative estimate of drug-likeness (QED) is 0.842. The van der Waals surface area contributed by atoms with E-state index < -0.39 is 0 Å². The summed E-state index contributed by atoms with van der Waals surface area (Å²) in [5.41, 5.74) is 3.51. The molecule has 0 radical (unpaired) electrons. The van der Waals surface area contributed by atoms with Gasteiger partial charge in [-0.25, -0.2) is 0 Å². The van der Waals surface area contributed by atoms with Crippen LogP contribution >= 0.6 is 0 Å². The van der Waals surface area contributed by atoms with E-state index in [-0.39, 0.29) is 5.60 Å². The molecule has 0 spiro atoms. The predicted octanol–water partition coefficient (Wildman–Crippen LogP) is 2.99. The topological polar surface area (TPSA) is 34.1 Å². The molecule has 0 bridgehead atoms. The first-order valence-corrected chi connectivity index (χ1v) is 6.55. The number of ether oxygens (including phenoxy) is 1. The van der Waals surface area contributed by atoms with Crippen molar-refractivity contribution in [2.75, 3.05) is 7.11 Å². The average Bonchev–Trinajstić information content (AvgIpc) is 2.30. The summed E-state index contributed by atoms with van der Waals surface area (Å²) in [5, 5.41) is 3.52. The highest BCUT2D eigenvalue weighted by Crippen LogP contribution is 2.15. The Balaban J connectivity index is 2.47. The van der Waals surface area contributed by atoms with Crippen LogP contribution in [0.15, 0.2) is 12.3 Å². The van der Waals surface area contributed by atoms with E-state index in [1.165, 1.54) is 11.1 Å². The molecule has 3 nitrogen and oxygen atoms in total. The predicted molar refractivity (Wildman–Crippen MR) is 75.7 cm³/mol. The lowest BCUT2D eigenvalue weighted by atomic mass is 10.00. The number of nitrogens with zero attached hydrogens (tertiary/aromatic N) is 1. The van der Waals surface area contributed by atoms with E-state index in [4.69, 9.17) is 4.74 Å². The maximum atomic E-state index is 5.44. The zero-order valence-electron chi connectivity index (χ0n) is 12.5. The highest BCUT2D eigenvalue weighted by Gasteiger charge is 2.19. The van der Waals surface area contributed by atoms with Gasteiger partial charge in [0.25, 0.3) is 0 Å². The summed E-state index contributed by atoms with van der Waals surface area (Å²) in [6.45, 7) is 11.4. The molecule has 1 atom stereocenters. The van der Waals surface area contributed by atoms with Crippen LogP contribution < -0.4 is 5.32 Å². The summed E-state index contributed by atoms with van der Waals surface area (Å²) in [5.74, 6) is 0. The molecule has 0 aliphatic rings. The lowest BCUT2D eigenvalue weighted by molar-refractivity contribution is 0.00844. The van der Waals surface area contributed by atoms with Gasteiger partial charge < -0.3 is 10.1 Å². The van der Waals surface area contributed by atoms with Crippen LogP contribution in [0.1, 0.15) is 44.0 Å².